The molecule has 1 aliphatic rings. The number of nitrogens with one attached hydrogen (secondary N) is 1. The van der Waals surface area contributed by atoms with Crippen molar-refractivity contribution in [3.05, 3.63) is 59.2 Å². The molecule has 1 heterocycles. The average molecular weight is 341 g/mol. The second kappa shape index (κ2) is 7.25. The first-order valence-electron chi connectivity index (χ1n) is 8.04. The molecule has 2 aromatic rings. The van der Waals surface area contributed by atoms with Crippen molar-refractivity contribution < 1.29 is 24.2 Å². The molecule has 1 amide bonds. The number of fused-ring (bicyclic) bond motifs is 1. The third-order valence-corrected chi connectivity index (χ3v) is 3.98. The minimum absolute atomic E-state index is 0.121. The van der Waals surface area contributed by atoms with E-state index in [9.17, 15) is 9.59 Å². The highest BCUT2D eigenvalue weighted by Gasteiger charge is 2.16. The van der Waals surface area contributed by atoms with Gasteiger partial charge in [0.25, 0.3) is 0 Å². The number of carbonyl (C=O) groups excluding carboxylic acids is 1. The minimum Gasteiger partial charge on any atom is -0.486 e. The monoisotopic (exact) mass is 341 g/mol. The summed E-state index contributed by atoms with van der Waals surface area (Å²) in [7, 11) is 0. The molecule has 6 nitrogen and oxygen atoms in total. The van der Waals surface area contributed by atoms with Gasteiger partial charge in [0.1, 0.15) is 13.2 Å². The molecule has 6 heteroatoms. The SMILES string of the molecule is CC(NC(=O)Cc1cccc(C(=O)O)c1)c1ccc2c(c1)OCCO2. The molecule has 25 heavy (non-hydrogen) atoms. The molecule has 130 valence electrons. The second-order valence-corrected chi connectivity index (χ2v) is 5.87. The fourth-order valence-corrected chi connectivity index (χ4v) is 2.70. The van der Waals surface area contributed by atoms with Gasteiger partial charge in [-0.3, -0.25) is 4.79 Å². The normalized spacial score (nSPS) is 13.8. The van der Waals surface area contributed by atoms with Crippen LogP contribution < -0.4 is 14.8 Å². The third-order valence-electron chi connectivity index (χ3n) is 3.98. The van der Waals surface area contributed by atoms with Crippen LogP contribution in [0.3, 0.4) is 0 Å². The van der Waals surface area contributed by atoms with Gasteiger partial charge in [-0.05, 0) is 42.3 Å². The highest BCUT2D eigenvalue weighted by Crippen LogP contribution is 2.32. The van der Waals surface area contributed by atoms with Crippen LogP contribution in [-0.2, 0) is 11.2 Å². The van der Waals surface area contributed by atoms with Crippen LogP contribution in [0, 0.1) is 0 Å². The largest absolute Gasteiger partial charge is 0.486 e. The molecule has 0 spiro atoms. The Balaban J connectivity index is 1.64. The molecule has 0 aromatic heterocycles. The summed E-state index contributed by atoms with van der Waals surface area (Å²) in [4.78, 5) is 23.2. The van der Waals surface area contributed by atoms with Gasteiger partial charge in [0.2, 0.25) is 5.91 Å². The molecule has 0 bridgehead atoms. The van der Waals surface area contributed by atoms with E-state index in [1.54, 1.807) is 12.1 Å². The van der Waals surface area contributed by atoms with Crippen molar-refractivity contribution in [1.29, 1.82) is 0 Å². The number of carbonyl (C=O) groups is 2. The molecule has 0 radical (unpaired) electrons. The van der Waals surface area contributed by atoms with Crippen molar-refractivity contribution in [2.24, 2.45) is 0 Å². The Morgan fingerprint density at radius 3 is 2.64 bits per heavy atom. The zero-order chi connectivity index (χ0) is 17.8. The minimum atomic E-state index is -1.01. The number of rotatable bonds is 5. The highest BCUT2D eigenvalue weighted by molar-refractivity contribution is 5.88. The van der Waals surface area contributed by atoms with Gasteiger partial charge in [0.05, 0.1) is 18.0 Å². The molecule has 0 fully saturated rings. The van der Waals surface area contributed by atoms with Crippen molar-refractivity contribution in [3.63, 3.8) is 0 Å². The van der Waals surface area contributed by atoms with Crippen molar-refractivity contribution in [2.45, 2.75) is 19.4 Å². The van der Waals surface area contributed by atoms with Gasteiger partial charge in [0.15, 0.2) is 11.5 Å². The topological polar surface area (TPSA) is 84.9 Å². The molecular formula is C19H19NO5. The zero-order valence-electron chi connectivity index (χ0n) is 13.8. The van der Waals surface area contributed by atoms with Crippen LogP contribution in [0.1, 0.15) is 34.5 Å². The van der Waals surface area contributed by atoms with Crippen LogP contribution in [0.2, 0.25) is 0 Å². The Kier molecular flexibility index (Phi) is 4.88. The number of carboxylic acids is 1. The number of hydrogen-bond acceptors (Lipinski definition) is 4. The lowest BCUT2D eigenvalue weighted by Crippen LogP contribution is -2.28. The summed E-state index contributed by atoms with van der Waals surface area (Å²) in [5.74, 6) is 0.204. The summed E-state index contributed by atoms with van der Waals surface area (Å²) in [5.41, 5.74) is 1.74. The smallest absolute Gasteiger partial charge is 0.335 e. The Morgan fingerprint density at radius 2 is 1.88 bits per heavy atom. The van der Waals surface area contributed by atoms with E-state index in [2.05, 4.69) is 5.32 Å². The summed E-state index contributed by atoms with van der Waals surface area (Å²) >= 11 is 0. The Morgan fingerprint density at radius 1 is 1.12 bits per heavy atom. The fraction of sp³-hybridized carbons (Fsp3) is 0.263. The van der Waals surface area contributed by atoms with Gasteiger partial charge in [-0.1, -0.05) is 18.2 Å². The van der Waals surface area contributed by atoms with Gasteiger partial charge in [-0.25, -0.2) is 4.79 Å². The lowest BCUT2D eigenvalue weighted by Gasteiger charge is -2.21. The number of carboxylic acid groups (broad SMARTS) is 1. The molecule has 1 unspecified atom stereocenters. The lowest BCUT2D eigenvalue weighted by atomic mass is 10.1. The van der Waals surface area contributed by atoms with E-state index in [4.69, 9.17) is 14.6 Å². The number of amides is 1. The second-order valence-electron chi connectivity index (χ2n) is 5.87. The first-order valence-corrected chi connectivity index (χ1v) is 8.04. The summed E-state index contributed by atoms with van der Waals surface area (Å²) in [6, 6.07) is 11.8. The van der Waals surface area contributed by atoms with Crippen LogP contribution in [0.4, 0.5) is 0 Å². The predicted octanol–water partition coefficient (Wildman–Crippen LogP) is 2.58. The quantitative estimate of drug-likeness (QED) is 0.873. The van der Waals surface area contributed by atoms with E-state index >= 15 is 0 Å². The van der Waals surface area contributed by atoms with Gasteiger partial charge < -0.3 is 19.9 Å². The first-order chi connectivity index (χ1) is 12.0. The number of aromatic carboxylic acids is 1. The highest BCUT2D eigenvalue weighted by atomic mass is 16.6. The Hall–Kier alpha value is -3.02. The Labute approximate surface area is 145 Å². The molecule has 0 aliphatic carbocycles. The van der Waals surface area contributed by atoms with E-state index in [0.29, 0.717) is 30.3 Å². The van der Waals surface area contributed by atoms with Crippen LogP contribution in [0.15, 0.2) is 42.5 Å². The molecule has 0 saturated heterocycles. The van der Waals surface area contributed by atoms with E-state index in [1.165, 1.54) is 12.1 Å². The summed E-state index contributed by atoms with van der Waals surface area (Å²) in [5, 5.41) is 11.9. The molecule has 0 saturated carbocycles. The van der Waals surface area contributed by atoms with E-state index in [-0.39, 0.29) is 23.9 Å². The van der Waals surface area contributed by atoms with E-state index < -0.39 is 5.97 Å². The van der Waals surface area contributed by atoms with Crippen molar-refractivity contribution in [2.75, 3.05) is 13.2 Å². The maximum atomic E-state index is 12.3. The zero-order valence-corrected chi connectivity index (χ0v) is 13.8. The molecule has 1 atom stereocenters. The molecule has 1 aliphatic heterocycles. The molecule has 3 rings (SSSR count). The van der Waals surface area contributed by atoms with Crippen LogP contribution in [0.25, 0.3) is 0 Å². The van der Waals surface area contributed by atoms with Gasteiger partial charge in [-0.15, -0.1) is 0 Å². The van der Waals surface area contributed by atoms with Crippen LogP contribution >= 0.6 is 0 Å². The average Bonchev–Trinajstić information content (AvgIpc) is 2.61. The summed E-state index contributed by atoms with van der Waals surface area (Å²) in [6.07, 6.45) is 0.121. The van der Waals surface area contributed by atoms with Crippen molar-refractivity contribution in [3.8, 4) is 11.5 Å². The van der Waals surface area contributed by atoms with E-state index in [0.717, 1.165) is 5.56 Å². The van der Waals surface area contributed by atoms with Crippen LogP contribution in [-0.4, -0.2) is 30.2 Å². The van der Waals surface area contributed by atoms with Crippen LogP contribution in [0.5, 0.6) is 11.5 Å². The summed E-state index contributed by atoms with van der Waals surface area (Å²) < 4.78 is 11.0. The van der Waals surface area contributed by atoms with Gasteiger partial charge in [0, 0.05) is 0 Å². The molecule has 2 N–H and O–H groups in total. The predicted molar refractivity (Wildman–Crippen MR) is 91.1 cm³/mol. The van der Waals surface area contributed by atoms with Crippen molar-refractivity contribution >= 4 is 11.9 Å². The van der Waals surface area contributed by atoms with Gasteiger partial charge in [-0.2, -0.15) is 0 Å². The van der Waals surface area contributed by atoms with E-state index in [1.807, 2.05) is 25.1 Å². The van der Waals surface area contributed by atoms with Gasteiger partial charge >= 0.3 is 5.97 Å². The lowest BCUT2D eigenvalue weighted by molar-refractivity contribution is -0.121. The molecular weight excluding hydrogens is 322 g/mol. The molecule has 2 aromatic carbocycles. The van der Waals surface area contributed by atoms with Crippen molar-refractivity contribution in [1.82, 2.24) is 5.32 Å². The number of ether oxygens (including phenoxy) is 2. The standard InChI is InChI=1S/C19H19NO5/c1-12(14-5-6-16-17(11-14)25-8-7-24-16)20-18(21)10-13-3-2-4-15(9-13)19(22)23/h2-6,9,11-12H,7-8,10H2,1H3,(H,20,21)(H,22,23). The third kappa shape index (κ3) is 4.09. The maximum absolute atomic E-state index is 12.3. The Bertz CT molecular complexity index is 802. The maximum Gasteiger partial charge on any atom is 0.335 e. The fourth-order valence-electron chi connectivity index (χ4n) is 2.70. The number of benzene rings is 2. The summed E-state index contributed by atoms with van der Waals surface area (Å²) in [6.45, 7) is 2.93. The number of hydrogen-bond donors (Lipinski definition) is 2. The first kappa shape index (κ1) is 16.8.